The lowest BCUT2D eigenvalue weighted by atomic mass is 10.1. The van der Waals surface area contributed by atoms with Crippen LogP contribution in [0, 0.1) is 0 Å². The van der Waals surface area contributed by atoms with Gasteiger partial charge in [-0.15, -0.1) is 0 Å². The molecular weight excluding hydrogens is 168 g/mol. The van der Waals surface area contributed by atoms with Crippen molar-refractivity contribution in [2.45, 2.75) is 32.4 Å². The van der Waals surface area contributed by atoms with Crippen LogP contribution in [0.3, 0.4) is 0 Å². The summed E-state index contributed by atoms with van der Waals surface area (Å²) in [5, 5.41) is 5.98. The average Bonchev–Trinajstić information content (AvgIpc) is 1.78. The van der Waals surface area contributed by atoms with E-state index in [0.717, 1.165) is 13.2 Å². The van der Waals surface area contributed by atoms with Gasteiger partial charge in [0.1, 0.15) is 0 Å². The molecule has 0 radical (unpaired) electrons. The molecule has 0 aromatic heterocycles. The summed E-state index contributed by atoms with van der Waals surface area (Å²) in [5.74, 6) is 0.0411. The molecule has 0 unspecified atom stereocenters. The van der Waals surface area contributed by atoms with Crippen molar-refractivity contribution in [2.75, 3.05) is 19.8 Å². The maximum Gasteiger partial charge on any atom is 0.234 e. The molecule has 0 aromatic carbocycles. The largest absolute Gasteiger partial charge is 0.378 e. The minimum atomic E-state index is -0.144. The number of ether oxygens (including phenoxy) is 1. The summed E-state index contributed by atoms with van der Waals surface area (Å²) in [7, 11) is 0. The Morgan fingerprint density at radius 1 is 1.46 bits per heavy atom. The highest BCUT2D eigenvalue weighted by Gasteiger charge is 2.19. The zero-order valence-corrected chi connectivity index (χ0v) is 8.52. The van der Waals surface area contributed by atoms with Crippen LogP contribution in [0.5, 0.6) is 0 Å². The lowest BCUT2D eigenvalue weighted by Gasteiger charge is -2.27. The second-order valence-corrected chi connectivity index (χ2v) is 4.41. The van der Waals surface area contributed by atoms with Gasteiger partial charge in [-0.3, -0.25) is 4.79 Å². The van der Waals surface area contributed by atoms with E-state index in [1.165, 1.54) is 0 Å². The maximum absolute atomic E-state index is 11.3. The third-order valence-electron chi connectivity index (χ3n) is 1.70. The normalized spacial score (nSPS) is 18.1. The number of carbonyl (C=O) groups is 1. The Bertz CT molecular complexity index is 183. The fraction of sp³-hybridized carbons (Fsp3) is 0.889. The second kappa shape index (κ2) is 4.07. The van der Waals surface area contributed by atoms with E-state index in [4.69, 9.17) is 4.74 Å². The zero-order chi connectivity index (χ0) is 9.90. The van der Waals surface area contributed by atoms with Gasteiger partial charge in [-0.05, 0) is 20.8 Å². The molecule has 0 saturated carbocycles. The highest BCUT2D eigenvalue weighted by Crippen LogP contribution is 2.00. The molecule has 1 aliphatic heterocycles. The molecule has 1 fully saturated rings. The SMILES string of the molecule is CC(C)(C)NC(=O)CNC1COC1. The first-order valence-electron chi connectivity index (χ1n) is 4.59. The van der Waals surface area contributed by atoms with Gasteiger partial charge < -0.3 is 15.4 Å². The van der Waals surface area contributed by atoms with Crippen LogP contribution in [0.4, 0.5) is 0 Å². The molecule has 76 valence electrons. The number of rotatable bonds is 3. The van der Waals surface area contributed by atoms with Gasteiger partial charge in [0.25, 0.3) is 0 Å². The molecule has 0 spiro atoms. The first-order valence-corrected chi connectivity index (χ1v) is 4.59. The van der Waals surface area contributed by atoms with Crippen LogP contribution in [0.2, 0.25) is 0 Å². The highest BCUT2D eigenvalue weighted by atomic mass is 16.5. The molecule has 1 heterocycles. The van der Waals surface area contributed by atoms with E-state index < -0.39 is 0 Å². The first kappa shape index (κ1) is 10.5. The fourth-order valence-corrected chi connectivity index (χ4v) is 1.05. The molecule has 0 aromatic rings. The predicted molar refractivity (Wildman–Crippen MR) is 50.5 cm³/mol. The van der Waals surface area contributed by atoms with Gasteiger partial charge in [0.15, 0.2) is 0 Å². The third-order valence-corrected chi connectivity index (χ3v) is 1.70. The van der Waals surface area contributed by atoms with Gasteiger partial charge in [0.05, 0.1) is 25.8 Å². The van der Waals surface area contributed by atoms with Crippen LogP contribution in [0.25, 0.3) is 0 Å². The predicted octanol–water partition coefficient (Wildman–Crippen LogP) is -0.110. The Morgan fingerprint density at radius 2 is 2.08 bits per heavy atom. The number of hydrogen-bond acceptors (Lipinski definition) is 3. The molecule has 0 aliphatic carbocycles. The first-order chi connectivity index (χ1) is 5.97. The smallest absolute Gasteiger partial charge is 0.234 e. The Hall–Kier alpha value is -0.610. The summed E-state index contributed by atoms with van der Waals surface area (Å²) in [6.45, 7) is 7.74. The Kier molecular flexibility index (Phi) is 3.27. The minimum absolute atomic E-state index is 0.0411. The standard InChI is InChI=1S/C9H18N2O2/c1-9(2,3)11-8(12)4-10-7-5-13-6-7/h7,10H,4-6H2,1-3H3,(H,11,12). The molecule has 1 saturated heterocycles. The van der Waals surface area contributed by atoms with Crippen LogP contribution in [0.15, 0.2) is 0 Å². The third kappa shape index (κ3) is 4.24. The molecular formula is C9H18N2O2. The van der Waals surface area contributed by atoms with Gasteiger partial charge in [0.2, 0.25) is 5.91 Å². The van der Waals surface area contributed by atoms with Crippen molar-refractivity contribution in [1.82, 2.24) is 10.6 Å². The lowest BCUT2D eigenvalue weighted by Crippen LogP contribution is -2.51. The molecule has 0 bridgehead atoms. The van der Waals surface area contributed by atoms with Crippen molar-refractivity contribution < 1.29 is 9.53 Å². The Labute approximate surface area is 79.0 Å². The molecule has 13 heavy (non-hydrogen) atoms. The van der Waals surface area contributed by atoms with Crippen molar-refractivity contribution >= 4 is 5.91 Å². The summed E-state index contributed by atoms with van der Waals surface area (Å²) < 4.78 is 4.97. The molecule has 1 rings (SSSR count). The summed E-state index contributed by atoms with van der Waals surface area (Å²) in [5.41, 5.74) is -0.144. The van der Waals surface area contributed by atoms with Gasteiger partial charge in [-0.2, -0.15) is 0 Å². The van der Waals surface area contributed by atoms with Crippen molar-refractivity contribution in [1.29, 1.82) is 0 Å². The summed E-state index contributed by atoms with van der Waals surface area (Å²) in [4.78, 5) is 11.3. The minimum Gasteiger partial charge on any atom is -0.378 e. The number of hydrogen-bond donors (Lipinski definition) is 2. The van der Waals surface area contributed by atoms with Crippen LogP contribution < -0.4 is 10.6 Å². The average molecular weight is 186 g/mol. The highest BCUT2D eigenvalue weighted by molar-refractivity contribution is 5.78. The number of amides is 1. The summed E-state index contributed by atoms with van der Waals surface area (Å²) >= 11 is 0. The Morgan fingerprint density at radius 3 is 2.46 bits per heavy atom. The van der Waals surface area contributed by atoms with E-state index in [0.29, 0.717) is 12.6 Å². The summed E-state index contributed by atoms with van der Waals surface area (Å²) in [6.07, 6.45) is 0. The molecule has 2 N–H and O–H groups in total. The van der Waals surface area contributed by atoms with Crippen LogP contribution in [0.1, 0.15) is 20.8 Å². The van der Waals surface area contributed by atoms with Gasteiger partial charge in [-0.25, -0.2) is 0 Å². The van der Waals surface area contributed by atoms with E-state index in [-0.39, 0.29) is 11.4 Å². The second-order valence-electron chi connectivity index (χ2n) is 4.41. The fourth-order valence-electron chi connectivity index (χ4n) is 1.05. The lowest BCUT2D eigenvalue weighted by molar-refractivity contribution is -0.122. The van der Waals surface area contributed by atoms with Crippen molar-refractivity contribution in [3.63, 3.8) is 0 Å². The summed E-state index contributed by atoms with van der Waals surface area (Å²) in [6, 6.07) is 0.366. The van der Waals surface area contributed by atoms with Crippen molar-refractivity contribution in [3.8, 4) is 0 Å². The van der Waals surface area contributed by atoms with E-state index in [1.54, 1.807) is 0 Å². The van der Waals surface area contributed by atoms with E-state index >= 15 is 0 Å². The Balaban J connectivity index is 2.10. The van der Waals surface area contributed by atoms with Crippen molar-refractivity contribution in [3.05, 3.63) is 0 Å². The van der Waals surface area contributed by atoms with Crippen LogP contribution >= 0.6 is 0 Å². The van der Waals surface area contributed by atoms with Gasteiger partial charge >= 0.3 is 0 Å². The monoisotopic (exact) mass is 186 g/mol. The molecule has 1 aliphatic rings. The van der Waals surface area contributed by atoms with Gasteiger partial charge in [0, 0.05) is 5.54 Å². The molecule has 4 nitrogen and oxygen atoms in total. The molecule has 4 heteroatoms. The number of carbonyl (C=O) groups excluding carboxylic acids is 1. The van der Waals surface area contributed by atoms with Gasteiger partial charge in [-0.1, -0.05) is 0 Å². The van der Waals surface area contributed by atoms with Crippen LogP contribution in [-0.4, -0.2) is 37.2 Å². The van der Waals surface area contributed by atoms with Crippen molar-refractivity contribution in [2.24, 2.45) is 0 Å². The van der Waals surface area contributed by atoms with E-state index in [1.807, 2.05) is 20.8 Å². The van der Waals surface area contributed by atoms with E-state index in [2.05, 4.69) is 10.6 Å². The van der Waals surface area contributed by atoms with E-state index in [9.17, 15) is 4.79 Å². The van der Waals surface area contributed by atoms with Crippen LogP contribution in [-0.2, 0) is 9.53 Å². The topological polar surface area (TPSA) is 50.4 Å². The zero-order valence-electron chi connectivity index (χ0n) is 8.52. The molecule has 1 amide bonds. The maximum atomic E-state index is 11.3. The number of nitrogens with one attached hydrogen (secondary N) is 2. The quantitative estimate of drug-likeness (QED) is 0.646. The molecule has 0 atom stereocenters.